The smallest absolute Gasteiger partial charge is 0.338 e. The Bertz CT molecular complexity index is 1540. The number of ketones is 1. The maximum Gasteiger partial charge on any atom is 0.338 e. The van der Waals surface area contributed by atoms with Crippen LogP contribution in [0.3, 0.4) is 0 Å². The van der Waals surface area contributed by atoms with Crippen LogP contribution < -0.4 is 0 Å². The van der Waals surface area contributed by atoms with E-state index in [9.17, 15) is 9.59 Å². The zero-order valence-corrected chi connectivity index (χ0v) is 19.3. The molecule has 0 atom stereocenters. The highest BCUT2D eigenvalue weighted by molar-refractivity contribution is 6.34. The van der Waals surface area contributed by atoms with Crippen molar-refractivity contribution < 1.29 is 14.3 Å². The van der Waals surface area contributed by atoms with E-state index in [0.717, 1.165) is 16.8 Å². The van der Waals surface area contributed by atoms with Gasteiger partial charge in [-0.15, -0.1) is 0 Å². The molecule has 0 fully saturated rings. The summed E-state index contributed by atoms with van der Waals surface area (Å²) >= 11 is 6.06. The fourth-order valence-electron chi connectivity index (χ4n) is 3.76. The van der Waals surface area contributed by atoms with E-state index in [1.807, 2.05) is 60.7 Å². The van der Waals surface area contributed by atoms with Crippen LogP contribution in [-0.4, -0.2) is 28.3 Å². The molecule has 0 aliphatic rings. The van der Waals surface area contributed by atoms with Gasteiger partial charge in [-0.25, -0.2) is 14.8 Å². The molecule has 1 aromatic heterocycles. The molecule has 0 bridgehead atoms. The van der Waals surface area contributed by atoms with Gasteiger partial charge >= 0.3 is 5.97 Å². The number of esters is 1. The second-order valence-electron chi connectivity index (χ2n) is 7.84. The fraction of sp³-hybridized carbons (Fsp3) is 0.0345. The summed E-state index contributed by atoms with van der Waals surface area (Å²) in [5.74, 6) is -0.995. The third kappa shape index (κ3) is 4.81. The lowest BCUT2D eigenvalue weighted by molar-refractivity contribution is 0.0475. The minimum Gasteiger partial charge on any atom is -0.454 e. The Hall–Kier alpha value is -4.35. The van der Waals surface area contributed by atoms with Gasteiger partial charge in [0.15, 0.2) is 6.61 Å². The molecule has 0 saturated heterocycles. The highest BCUT2D eigenvalue weighted by Crippen LogP contribution is 2.31. The molecule has 0 N–H and O–H groups in total. The molecule has 0 aliphatic carbocycles. The van der Waals surface area contributed by atoms with Crippen molar-refractivity contribution in [1.82, 2.24) is 9.97 Å². The first-order valence-corrected chi connectivity index (χ1v) is 11.4. The van der Waals surface area contributed by atoms with Gasteiger partial charge in [-0.05, 0) is 30.3 Å². The minimum atomic E-state index is -0.623. The molecule has 0 aliphatic heterocycles. The Balaban J connectivity index is 1.47. The molecular formula is C29H19ClN2O3. The summed E-state index contributed by atoms with van der Waals surface area (Å²) < 4.78 is 5.26. The van der Waals surface area contributed by atoms with Crippen LogP contribution >= 0.6 is 11.6 Å². The molecule has 6 heteroatoms. The normalized spacial score (nSPS) is 10.8. The first kappa shape index (κ1) is 22.4. The van der Waals surface area contributed by atoms with Crippen LogP contribution in [0, 0.1) is 0 Å². The molecule has 5 rings (SSSR count). The Kier molecular flexibility index (Phi) is 6.33. The highest BCUT2D eigenvalue weighted by Gasteiger charge is 2.17. The van der Waals surface area contributed by atoms with Crippen LogP contribution in [0.15, 0.2) is 103 Å². The van der Waals surface area contributed by atoms with Gasteiger partial charge in [0.2, 0.25) is 5.78 Å². The van der Waals surface area contributed by atoms with Gasteiger partial charge in [0.1, 0.15) is 0 Å². The number of halogens is 1. The fourth-order valence-corrected chi connectivity index (χ4v) is 4.00. The number of nitrogens with zero attached hydrogens (tertiary/aromatic N) is 2. The van der Waals surface area contributed by atoms with E-state index in [-0.39, 0.29) is 11.3 Å². The number of ether oxygens (including phenoxy) is 1. The van der Waals surface area contributed by atoms with E-state index in [4.69, 9.17) is 26.3 Å². The van der Waals surface area contributed by atoms with Crippen molar-refractivity contribution in [3.8, 4) is 22.5 Å². The van der Waals surface area contributed by atoms with Crippen molar-refractivity contribution in [2.45, 2.75) is 0 Å². The molecule has 0 amide bonds. The van der Waals surface area contributed by atoms with Crippen LogP contribution in [0.5, 0.6) is 0 Å². The van der Waals surface area contributed by atoms with Gasteiger partial charge in [-0.3, -0.25) is 4.79 Å². The van der Waals surface area contributed by atoms with E-state index in [0.29, 0.717) is 27.3 Å². The summed E-state index contributed by atoms with van der Waals surface area (Å²) in [5, 5.41) is 0.317. The van der Waals surface area contributed by atoms with Crippen molar-refractivity contribution in [3.63, 3.8) is 0 Å². The predicted octanol–water partition coefficient (Wildman–Crippen LogP) is 6.66. The summed E-state index contributed by atoms with van der Waals surface area (Å²) in [6.45, 7) is -0.408. The Morgan fingerprint density at radius 3 is 1.89 bits per heavy atom. The standard InChI is InChI=1S/C29H19ClN2O3/c30-23-14-8-7-13-22(23)26(33)18-35-29(34)21-15-16-24-25(17-21)32-28(20-11-5-2-6-12-20)27(31-24)19-9-3-1-4-10-19/h1-17H,18H2. The average molecular weight is 479 g/mol. The van der Waals surface area contributed by atoms with E-state index in [1.54, 1.807) is 42.5 Å². The number of carbonyl (C=O) groups excluding carboxylic acids is 2. The van der Waals surface area contributed by atoms with Gasteiger partial charge in [0.05, 0.1) is 33.0 Å². The minimum absolute atomic E-state index is 0.283. The van der Waals surface area contributed by atoms with Crippen molar-refractivity contribution in [3.05, 3.63) is 119 Å². The molecule has 35 heavy (non-hydrogen) atoms. The van der Waals surface area contributed by atoms with Gasteiger partial charge in [0, 0.05) is 16.7 Å². The molecule has 5 aromatic rings. The van der Waals surface area contributed by atoms with Gasteiger partial charge < -0.3 is 4.74 Å². The first-order valence-electron chi connectivity index (χ1n) is 11.0. The lowest BCUT2D eigenvalue weighted by Crippen LogP contribution is -2.14. The number of hydrogen-bond donors (Lipinski definition) is 0. The maximum absolute atomic E-state index is 12.7. The van der Waals surface area contributed by atoms with Gasteiger partial charge in [-0.1, -0.05) is 84.4 Å². The lowest BCUT2D eigenvalue weighted by Gasteiger charge is -2.11. The average Bonchev–Trinajstić information content (AvgIpc) is 2.91. The second-order valence-corrected chi connectivity index (χ2v) is 8.24. The third-order valence-corrected chi connectivity index (χ3v) is 5.83. The van der Waals surface area contributed by atoms with E-state index >= 15 is 0 Å². The molecule has 170 valence electrons. The number of hydrogen-bond acceptors (Lipinski definition) is 5. The summed E-state index contributed by atoms with van der Waals surface area (Å²) in [7, 11) is 0. The zero-order chi connectivity index (χ0) is 24.2. The first-order chi connectivity index (χ1) is 17.1. The summed E-state index contributed by atoms with van der Waals surface area (Å²) in [5.41, 5.74) is 5.12. The van der Waals surface area contributed by atoms with E-state index in [2.05, 4.69) is 0 Å². The molecule has 4 aromatic carbocycles. The number of aromatic nitrogens is 2. The Morgan fingerprint density at radius 2 is 1.26 bits per heavy atom. The number of carbonyl (C=O) groups is 2. The zero-order valence-electron chi connectivity index (χ0n) is 18.5. The van der Waals surface area contributed by atoms with Crippen LogP contribution in [0.2, 0.25) is 5.02 Å². The number of Topliss-reactive ketones (excluding diaryl/α,β-unsaturated/α-hetero) is 1. The van der Waals surface area contributed by atoms with Crippen molar-refractivity contribution >= 4 is 34.4 Å². The van der Waals surface area contributed by atoms with Crippen LogP contribution in [0.25, 0.3) is 33.5 Å². The van der Waals surface area contributed by atoms with Crippen LogP contribution in [-0.2, 0) is 4.74 Å². The quantitative estimate of drug-likeness (QED) is 0.202. The molecule has 1 heterocycles. The molecule has 0 unspecified atom stereocenters. The van der Waals surface area contributed by atoms with Crippen LogP contribution in [0.4, 0.5) is 0 Å². The summed E-state index contributed by atoms with van der Waals surface area (Å²) in [6, 6.07) is 31.3. The molecular weight excluding hydrogens is 460 g/mol. The largest absolute Gasteiger partial charge is 0.454 e. The topological polar surface area (TPSA) is 69.2 Å². The molecule has 0 saturated carbocycles. The van der Waals surface area contributed by atoms with Gasteiger partial charge in [-0.2, -0.15) is 0 Å². The third-order valence-electron chi connectivity index (χ3n) is 5.50. The lowest BCUT2D eigenvalue weighted by atomic mass is 10.0. The highest BCUT2D eigenvalue weighted by atomic mass is 35.5. The van der Waals surface area contributed by atoms with Gasteiger partial charge in [0.25, 0.3) is 0 Å². The second kappa shape index (κ2) is 9.87. The molecule has 0 spiro atoms. The summed E-state index contributed by atoms with van der Waals surface area (Å²) in [4.78, 5) is 34.8. The Labute approximate surface area is 207 Å². The number of benzene rings is 4. The summed E-state index contributed by atoms with van der Waals surface area (Å²) in [6.07, 6.45) is 0. The van der Waals surface area contributed by atoms with E-state index < -0.39 is 12.6 Å². The maximum atomic E-state index is 12.7. The monoisotopic (exact) mass is 478 g/mol. The predicted molar refractivity (Wildman–Crippen MR) is 136 cm³/mol. The van der Waals surface area contributed by atoms with Crippen molar-refractivity contribution in [1.29, 1.82) is 0 Å². The number of rotatable bonds is 6. The number of fused-ring (bicyclic) bond motifs is 1. The van der Waals surface area contributed by atoms with Crippen molar-refractivity contribution in [2.75, 3.05) is 6.61 Å². The SMILES string of the molecule is O=C(OCC(=O)c1ccccc1Cl)c1ccc2nc(-c3ccccc3)c(-c3ccccc3)nc2c1. The van der Waals surface area contributed by atoms with Crippen molar-refractivity contribution in [2.24, 2.45) is 0 Å². The van der Waals surface area contributed by atoms with E-state index in [1.165, 1.54) is 0 Å². The Morgan fingerprint density at radius 1 is 0.686 bits per heavy atom. The molecule has 0 radical (unpaired) electrons. The molecule has 5 nitrogen and oxygen atoms in total. The van der Waals surface area contributed by atoms with Crippen LogP contribution in [0.1, 0.15) is 20.7 Å².